The topological polar surface area (TPSA) is 115 Å². The molecule has 26 heavy (non-hydrogen) atoms. The molecule has 0 spiro atoms. The van der Waals surface area contributed by atoms with E-state index in [9.17, 15) is 13.8 Å². The molecule has 2 N–H and O–H groups in total. The zero-order valence-corrected chi connectivity index (χ0v) is 16.1. The first-order valence-corrected chi connectivity index (χ1v) is 10.0. The Kier molecular flexibility index (Phi) is 6.92. The van der Waals surface area contributed by atoms with Gasteiger partial charge in [-0.25, -0.2) is 9.18 Å². The van der Waals surface area contributed by atoms with Crippen molar-refractivity contribution in [1.29, 1.82) is 0 Å². The highest BCUT2D eigenvalue weighted by Gasteiger charge is 2.42. The highest BCUT2D eigenvalue weighted by Crippen LogP contribution is 2.51. The summed E-state index contributed by atoms with van der Waals surface area (Å²) in [5, 5.41) is 0. The predicted octanol–water partition coefficient (Wildman–Crippen LogP) is 2.08. The molecule has 0 aromatic carbocycles. The fraction of sp³-hybridized carbons (Fsp3) is 0.733. The summed E-state index contributed by atoms with van der Waals surface area (Å²) in [4.78, 5) is 15.4. The summed E-state index contributed by atoms with van der Waals surface area (Å²) >= 11 is 0. The lowest BCUT2D eigenvalue weighted by molar-refractivity contribution is 0.0131. The van der Waals surface area contributed by atoms with Crippen LogP contribution in [0.15, 0.2) is 17.1 Å². The number of hydrogen-bond acceptors (Lipinski definition) is 8. The first-order valence-electron chi connectivity index (χ1n) is 8.29. The Morgan fingerprint density at radius 2 is 2.00 bits per heavy atom. The van der Waals surface area contributed by atoms with Crippen LogP contribution in [-0.2, 0) is 23.1 Å². The first kappa shape index (κ1) is 21.0. The molecule has 0 radical (unpaired) electrons. The van der Waals surface area contributed by atoms with Gasteiger partial charge in [-0.05, 0) is 33.8 Å². The second kappa shape index (κ2) is 8.58. The van der Waals surface area contributed by atoms with Crippen molar-refractivity contribution in [2.24, 2.45) is 0 Å². The van der Waals surface area contributed by atoms with Crippen LogP contribution in [0, 0.1) is 0 Å². The van der Waals surface area contributed by atoms with Crippen molar-refractivity contribution in [1.82, 2.24) is 9.55 Å². The molecule has 1 saturated heterocycles. The van der Waals surface area contributed by atoms with Crippen LogP contribution in [0.3, 0.4) is 0 Å². The average molecular weight is 393 g/mol. The summed E-state index contributed by atoms with van der Waals surface area (Å²) in [6, 6.07) is 1.37. The van der Waals surface area contributed by atoms with Crippen LogP contribution >= 0.6 is 7.60 Å². The van der Waals surface area contributed by atoms with Crippen LogP contribution in [0.1, 0.15) is 33.9 Å². The average Bonchev–Trinajstić information content (AvgIpc) is 2.85. The fourth-order valence-electron chi connectivity index (χ4n) is 2.47. The van der Waals surface area contributed by atoms with Crippen molar-refractivity contribution in [3.05, 3.63) is 22.7 Å². The molecule has 0 unspecified atom stereocenters. The van der Waals surface area contributed by atoms with Crippen LogP contribution in [0.5, 0.6) is 0 Å². The van der Waals surface area contributed by atoms with E-state index in [2.05, 4.69) is 4.98 Å². The third kappa shape index (κ3) is 5.34. The van der Waals surface area contributed by atoms with Crippen LogP contribution in [0.2, 0.25) is 0 Å². The molecule has 1 fully saturated rings. The van der Waals surface area contributed by atoms with Gasteiger partial charge in [0.05, 0.1) is 18.8 Å². The van der Waals surface area contributed by atoms with Gasteiger partial charge in [0.1, 0.15) is 18.3 Å². The number of nitrogens with two attached hydrogens (primary N) is 1. The van der Waals surface area contributed by atoms with Crippen LogP contribution in [0.25, 0.3) is 0 Å². The molecular weight excluding hydrogens is 368 g/mol. The van der Waals surface area contributed by atoms with Gasteiger partial charge in [-0.2, -0.15) is 4.98 Å². The minimum atomic E-state index is -3.56. The quantitative estimate of drug-likeness (QED) is 0.668. The van der Waals surface area contributed by atoms with E-state index in [1.54, 1.807) is 27.7 Å². The zero-order valence-electron chi connectivity index (χ0n) is 15.2. The van der Waals surface area contributed by atoms with Gasteiger partial charge < -0.3 is 24.3 Å². The Morgan fingerprint density at radius 1 is 1.38 bits per heavy atom. The van der Waals surface area contributed by atoms with Gasteiger partial charge in [0.2, 0.25) is 0 Å². The molecule has 1 aliphatic rings. The lowest BCUT2D eigenvalue weighted by atomic mass is 10.2. The molecule has 2 heterocycles. The molecule has 148 valence electrons. The molecule has 0 saturated carbocycles. The first-order chi connectivity index (χ1) is 12.1. The minimum absolute atomic E-state index is 0.0325. The van der Waals surface area contributed by atoms with E-state index in [0.717, 1.165) is 4.57 Å². The van der Waals surface area contributed by atoms with Gasteiger partial charge in [0.15, 0.2) is 12.4 Å². The van der Waals surface area contributed by atoms with E-state index in [1.807, 2.05) is 0 Å². The number of halogens is 1. The van der Waals surface area contributed by atoms with Crippen LogP contribution in [-0.4, -0.2) is 47.0 Å². The van der Waals surface area contributed by atoms with Gasteiger partial charge in [-0.15, -0.1) is 0 Å². The van der Waals surface area contributed by atoms with Crippen LogP contribution in [0.4, 0.5) is 10.2 Å². The molecule has 0 amide bonds. The third-order valence-corrected chi connectivity index (χ3v) is 5.33. The molecule has 1 aromatic heterocycles. The van der Waals surface area contributed by atoms with E-state index in [4.69, 9.17) is 24.3 Å². The molecule has 0 bridgehead atoms. The van der Waals surface area contributed by atoms with E-state index >= 15 is 0 Å². The summed E-state index contributed by atoms with van der Waals surface area (Å²) in [5.74, 6) is 0.0325. The predicted molar refractivity (Wildman–Crippen MR) is 92.6 cm³/mol. The van der Waals surface area contributed by atoms with Crippen molar-refractivity contribution in [3.8, 4) is 0 Å². The minimum Gasteiger partial charge on any atom is -0.383 e. The summed E-state index contributed by atoms with van der Waals surface area (Å²) < 4.78 is 49.9. The van der Waals surface area contributed by atoms with Crippen molar-refractivity contribution in [2.75, 3.05) is 18.7 Å². The van der Waals surface area contributed by atoms with Gasteiger partial charge in [-0.3, -0.25) is 9.13 Å². The largest absolute Gasteiger partial charge is 0.383 e. The number of ether oxygens (including phenoxy) is 2. The Morgan fingerprint density at radius 3 is 2.54 bits per heavy atom. The Labute approximate surface area is 151 Å². The van der Waals surface area contributed by atoms with E-state index in [1.165, 1.54) is 12.3 Å². The lowest BCUT2D eigenvalue weighted by Gasteiger charge is -2.24. The molecule has 3 atom stereocenters. The van der Waals surface area contributed by atoms with Gasteiger partial charge >= 0.3 is 13.3 Å². The van der Waals surface area contributed by atoms with E-state index < -0.39 is 38.1 Å². The number of rotatable bonds is 8. The standard InChI is InChI=1S/C15H25FN3O6P/c1-9(2)24-26(21,25-10(3)4)8-23-11-7-22-14(13(11)16)19-6-5-12(17)18-15(19)20/h5-6,9-11,13-14H,7-8H2,1-4H3,(H2,17,18,20)/t11-,13+,14+/m0/s1. The van der Waals surface area contributed by atoms with Crippen molar-refractivity contribution < 1.29 is 27.5 Å². The van der Waals surface area contributed by atoms with Crippen LogP contribution < -0.4 is 11.4 Å². The van der Waals surface area contributed by atoms with E-state index in [-0.39, 0.29) is 24.6 Å². The van der Waals surface area contributed by atoms with Gasteiger partial charge in [-0.1, -0.05) is 0 Å². The Hall–Kier alpha value is -1.32. The molecular formula is C15H25FN3O6P. The number of aromatic nitrogens is 2. The monoisotopic (exact) mass is 393 g/mol. The van der Waals surface area contributed by atoms with Gasteiger partial charge in [0, 0.05) is 6.20 Å². The molecule has 1 aliphatic heterocycles. The summed E-state index contributed by atoms with van der Waals surface area (Å²) in [6.07, 6.45) is -3.70. The van der Waals surface area contributed by atoms with Crippen molar-refractivity contribution in [2.45, 2.75) is 58.4 Å². The SMILES string of the molecule is CC(C)OP(=O)(CO[C@H]1CO[C@@H](n2ccc(N)nc2=O)[C@@H]1F)OC(C)C. The number of alkyl halides is 1. The Balaban J connectivity index is 2.04. The highest BCUT2D eigenvalue weighted by atomic mass is 31.2. The third-order valence-electron chi connectivity index (χ3n) is 3.37. The maximum Gasteiger partial charge on any atom is 0.356 e. The number of anilines is 1. The molecule has 0 aliphatic carbocycles. The normalized spacial score (nSPS) is 23.9. The second-order valence-electron chi connectivity index (χ2n) is 6.46. The molecule has 1 aromatic rings. The molecule has 9 nitrogen and oxygen atoms in total. The highest BCUT2D eigenvalue weighted by molar-refractivity contribution is 7.53. The number of nitrogens with zero attached hydrogens (tertiary/aromatic N) is 2. The summed E-state index contributed by atoms with van der Waals surface area (Å²) in [7, 11) is -3.56. The second-order valence-corrected chi connectivity index (χ2v) is 8.37. The number of nitrogen functional groups attached to an aromatic ring is 1. The smallest absolute Gasteiger partial charge is 0.356 e. The maximum absolute atomic E-state index is 14.7. The summed E-state index contributed by atoms with van der Waals surface area (Å²) in [5.41, 5.74) is 4.69. The Bertz CT molecular complexity index is 699. The van der Waals surface area contributed by atoms with Crippen molar-refractivity contribution in [3.63, 3.8) is 0 Å². The summed E-state index contributed by atoms with van der Waals surface area (Å²) in [6.45, 7) is 6.73. The maximum atomic E-state index is 14.7. The fourth-order valence-corrected chi connectivity index (χ4v) is 4.30. The molecule has 11 heteroatoms. The van der Waals surface area contributed by atoms with Gasteiger partial charge in [0.25, 0.3) is 0 Å². The lowest BCUT2D eigenvalue weighted by Crippen LogP contribution is -2.34. The van der Waals surface area contributed by atoms with Crippen molar-refractivity contribution >= 4 is 13.4 Å². The zero-order chi connectivity index (χ0) is 19.5. The molecule has 2 rings (SSSR count). The number of hydrogen-bond donors (Lipinski definition) is 1. The van der Waals surface area contributed by atoms with E-state index in [0.29, 0.717) is 0 Å².